The molecule has 0 rings (SSSR count). The monoisotopic (exact) mass is 366 g/mol. The quantitative estimate of drug-likeness (QED) is 0.188. The van der Waals surface area contributed by atoms with Gasteiger partial charge in [-0.25, -0.2) is 0 Å². The number of rotatable bonds is 20. The van der Waals surface area contributed by atoms with Gasteiger partial charge in [0, 0.05) is 0 Å². The van der Waals surface area contributed by atoms with Crippen molar-refractivity contribution in [3.8, 4) is 0 Å². The Kier molecular flexibility index (Phi) is 19.8. The average molecular weight is 367 g/mol. The predicted octanol–water partition coefficient (Wildman–Crippen LogP) is 9.96. The van der Waals surface area contributed by atoms with Crippen LogP contribution in [0.5, 0.6) is 0 Å². The van der Waals surface area contributed by atoms with Crippen LogP contribution in [0.4, 0.5) is 0 Å². The molecule has 2 atom stereocenters. The van der Waals surface area contributed by atoms with Gasteiger partial charge in [-0.05, 0) is 17.8 Å². The Morgan fingerprint density at radius 3 is 1.12 bits per heavy atom. The molecule has 0 N–H and O–H groups in total. The van der Waals surface area contributed by atoms with E-state index in [0.29, 0.717) is 0 Å². The van der Waals surface area contributed by atoms with Crippen molar-refractivity contribution in [1.29, 1.82) is 0 Å². The molecule has 0 aliphatic carbocycles. The van der Waals surface area contributed by atoms with Crippen molar-refractivity contribution >= 4 is 0 Å². The maximum atomic E-state index is 2.50. The molecule has 2 unspecified atom stereocenters. The van der Waals surface area contributed by atoms with Crippen LogP contribution in [0, 0.1) is 17.8 Å². The topological polar surface area (TPSA) is 0 Å². The van der Waals surface area contributed by atoms with Crippen molar-refractivity contribution in [2.45, 2.75) is 150 Å². The van der Waals surface area contributed by atoms with Crippen LogP contribution in [0.3, 0.4) is 0 Å². The Bertz CT molecular complexity index is 255. The van der Waals surface area contributed by atoms with Crippen LogP contribution in [0.2, 0.25) is 0 Å². The highest BCUT2D eigenvalue weighted by molar-refractivity contribution is 4.70. The van der Waals surface area contributed by atoms with Gasteiger partial charge < -0.3 is 0 Å². The first-order valence-electron chi connectivity index (χ1n) is 12.6. The highest BCUT2D eigenvalue weighted by Gasteiger charge is 2.19. The Balaban J connectivity index is 3.54. The molecule has 0 aliphatic heterocycles. The molecule has 0 aromatic heterocycles. The summed E-state index contributed by atoms with van der Waals surface area (Å²) in [5.41, 5.74) is 0. The maximum absolute atomic E-state index is 2.50. The lowest BCUT2D eigenvalue weighted by molar-refractivity contribution is 0.236. The summed E-state index contributed by atoms with van der Waals surface area (Å²) in [6.45, 7) is 12.0. The van der Waals surface area contributed by atoms with Gasteiger partial charge in [0.15, 0.2) is 0 Å². The second-order valence-electron chi connectivity index (χ2n) is 9.39. The van der Waals surface area contributed by atoms with Crippen molar-refractivity contribution in [1.82, 2.24) is 0 Å². The van der Waals surface area contributed by atoms with E-state index in [-0.39, 0.29) is 0 Å². The van der Waals surface area contributed by atoms with Crippen molar-refractivity contribution in [2.75, 3.05) is 0 Å². The van der Waals surface area contributed by atoms with Gasteiger partial charge in [0.2, 0.25) is 0 Å². The van der Waals surface area contributed by atoms with E-state index in [4.69, 9.17) is 0 Å². The smallest absolute Gasteiger partial charge is 0.0386 e. The summed E-state index contributed by atoms with van der Waals surface area (Å²) < 4.78 is 0. The summed E-state index contributed by atoms with van der Waals surface area (Å²) in [7, 11) is 0. The second kappa shape index (κ2) is 19.8. The van der Waals surface area contributed by atoms with Crippen LogP contribution in [0.1, 0.15) is 150 Å². The fraction of sp³-hybridized carbons (Fsp3) is 1.00. The molecule has 0 radical (unpaired) electrons. The van der Waals surface area contributed by atoms with Crippen LogP contribution in [-0.2, 0) is 0 Å². The van der Waals surface area contributed by atoms with Crippen LogP contribution in [0.15, 0.2) is 0 Å². The van der Waals surface area contributed by atoms with E-state index in [0.717, 1.165) is 17.8 Å². The lowest BCUT2D eigenvalue weighted by atomic mass is 9.79. The van der Waals surface area contributed by atoms with Gasteiger partial charge in [-0.2, -0.15) is 0 Å². The summed E-state index contributed by atoms with van der Waals surface area (Å²) in [5, 5.41) is 0. The molecule has 0 bridgehead atoms. The van der Waals surface area contributed by atoms with E-state index in [9.17, 15) is 0 Å². The molecular formula is C26H54. The lowest BCUT2D eigenvalue weighted by Crippen LogP contribution is -2.17. The normalized spacial score (nSPS) is 14.1. The van der Waals surface area contributed by atoms with E-state index < -0.39 is 0 Å². The average Bonchev–Trinajstić information content (AvgIpc) is 2.63. The zero-order chi connectivity index (χ0) is 19.5. The summed E-state index contributed by atoms with van der Waals surface area (Å²) in [5.74, 6) is 2.74. The fourth-order valence-corrected chi connectivity index (χ4v) is 4.30. The van der Waals surface area contributed by atoms with E-state index in [2.05, 4.69) is 34.6 Å². The standard InChI is InChI=1S/C26H54/c1-6-8-10-11-12-13-14-15-16-17-18-19-21-23-26(22-20-9-7-2)25(5)24(3)4/h24-26H,6-23H2,1-5H3. The minimum atomic E-state index is 0.851. The van der Waals surface area contributed by atoms with Crippen molar-refractivity contribution < 1.29 is 0 Å². The van der Waals surface area contributed by atoms with E-state index >= 15 is 0 Å². The molecule has 0 saturated heterocycles. The summed E-state index contributed by atoms with van der Waals surface area (Å²) in [6.07, 6.45) is 26.3. The second-order valence-corrected chi connectivity index (χ2v) is 9.39. The highest BCUT2D eigenvalue weighted by Crippen LogP contribution is 2.30. The summed E-state index contributed by atoms with van der Waals surface area (Å²) in [6, 6.07) is 0. The van der Waals surface area contributed by atoms with E-state index in [1.165, 1.54) is 116 Å². The van der Waals surface area contributed by atoms with E-state index in [1.54, 1.807) is 0 Å². The van der Waals surface area contributed by atoms with Crippen LogP contribution in [-0.4, -0.2) is 0 Å². The van der Waals surface area contributed by atoms with Gasteiger partial charge in [0.25, 0.3) is 0 Å². The third-order valence-corrected chi connectivity index (χ3v) is 6.65. The SMILES string of the molecule is CCCCCCCCCCCCCCCC(CCCCC)C(C)C(C)C. The maximum Gasteiger partial charge on any atom is -0.0386 e. The molecule has 0 aromatic carbocycles. The minimum absolute atomic E-state index is 0.851. The van der Waals surface area contributed by atoms with Crippen molar-refractivity contribution in [3.05, 3.63) is 0 Å². The molecule has 26 heavy (non-hydrogen) atoms. The van der Waals surface area contributed by atoms with Crippen LogP contribution < -0.4 is 0 Å². The van der Waals surface area contributed by atoms with Gasteiger partial charge in [0.1, 0.15) is 0 Å². The van der Waals surface area contributed by atoms with Crippen LogP contribution >= 0.6 is 0 Å². The fourth-order valence-electron chi connectivity index (χ4n) is 4.30. The molecule has 158 valence electrons. The zero-order valence-corrected chi connectivity index (χ0v) is 19.5. The third-order valence-electron chi connectivity index (χ3n) is 6.65. The summed E-state index contributed by atoms with van der Waals surface area (Å²) in [4.78, 5) is 0. The Morgan fingerprint density at radius 1 is 0.423 bits per heavy atom. The van der Waals surface area contributed by atoms with Gasteiger partial charge in [0.05, 0.1) is 0 Å². The number of hydrogen-bond acceptors (Lipinski definition) is 0. The lowest BCUT2D eigenvalue weighted by Gasteiger charge is -2.27. The molecule has 0 aliphatic rings. The highest BCUT2D eigenvalue weighted by atomic mass is 14.2. The predicted molar refractivity (Wildman–Crippen MR) is 122 cm³/mol. The third kappa shape index (κ3) is 16.2. The number of unbranched alkanes of at least 4 members (excludes halogenated alkanes) is 14. The van der Waals surface area contributed by atoms with Gasteiger partial charge in [-0.15, -0.1) is 0 Å². The Labute approximate surface area is 168 Å². The van der Waals surface area contributed by atoms with Crippen molar-refractivity contribution in [2.24, 2.45) is 17.8 Å². The van der Waals surface area contributed by atoms with Gasteiger partial charge in [-0.3, -0.25) is 0 Å². The molecule has 0 aromatic rings. The minimum Gasteiger partial charge on any atom is -0.0654 e. The van der Waals surface area contributed by atoms with Gasteiger partial charge in [-0.1, -0.05) is 150 Å². The molecule has 0 heteroatoms. The first kappa shape index (κ1) is 26.0. The van der Waals surface area contributed by atoms with Crippen LogP contribution in [0.25, 0.3) is 0 Å². The van der Waals surface area contributed by atoms with E-state index in [1.807, 2.05) is 0 Å². The molecule has 0 heterocycles. The summed E-state index contributed by atoms with van der Waals surface area (Å²) >= 11 is 0. The molecule has 0 fully saturated rings. The molecule has 0 nitrogen and oxygen atoms in total. The molecule has 0 amide bonds. The zero-order valence-electron chi connectivity index (χ0n) is 19.5. The van der Waals surface area contributed by atoms with Crippen molar-refractivity contribution in [3.63, 3.8) is 0 Å². The first-order chi connectivity index (χ1) is 12.6. The largest absolute Gasteiger partial charge is 0.0654 e. The first-order valence-corrected chi connectivity index (χ1v) is 12.6. The molecular weight excluding hydrogens is 312 g/mol. The molecule has 0 spiro atoms. The van der Waals surface area contributed by atoms with Gasteiger partial charge >= 0.3 is 0 Å². The number of hydrogen-bond donors (Lipinski definition) is 0. The molecule has 0 saturated carbocycles. The Morgan fingerprint density at radius 2 is 0.731 bits per heavy atom. The Hall–Kier alpha value is 0.